The summed E-state index contributed by atoms with van der Waals surface area (Å²) in [6.07, 6.45) is -4.48. The molecule has 32 heavy (non-hydrogen) atoms. The summed E-state index contributed by atoms with van der Waals surface area (Å²) in [5, 5.41) is 2.73. The Kier molecular flexibility index (Phi) is 6.86. The molecule has 2 saturated heterocycles. The van der Waals surface area contributed by atoms with Crippen molar-refractivity contribution in [1.29, 1.82) is 0 Å². The van der Waals surface area contributed by atoms with E-state index in [1.165, 1.54) is 6.07 Å². The molecule has 2 fully saturated rings. The summed E-state index contributed by atoms with van der Waals surface area (Å²) in [7, 11) is 0. The fourth-order valence-electron chi connectivity index (χ4n) is 4.09. The summed E-state index contributed by atoms with van der Waals surface area (Å²) in [4.78, 5) is 19.0. The Balaban J connectivity index is 1.40. The second-order valence-electron chi connectivity index (χ2n) is 7.98. The molecule has 2 aliphatic rings. The zero-order valence-corrected chi connectivity index (χ0v) is 17.8. The summed E-state index contributed by atoms with van der Waals surface area (Å²) in [5.74, 6) is -0.313. The predicted octanol–water partition coefficient (Wildman–Crippen LogP) is 3.30. The Morgan fingerprint density at radius 2 is 1.59 bits per heavy atom. The minimum atomic E-state index is -4.48. The van der Waals surface area contributed by atoms with E-state index in [0.717, 1.165) is 30.9 Å². The smallest absolute Gasteiger partial charge is 0.378 e. The first-order valence-electron chi connectivity index (χ1n) is 10.8. The molecule has 2 aliphatic heterocycles. The number of morpholine rings is 1. The molecule has 2 aromatic carbocycles. The molecule has 0 radical (unpaired) electrons. The van der Waals surface area contributed by atoms with Crippen molar-refractivity contribution in [1.82, 2.24) is 4.90 Å². The van der Waals surface area contributed by atoms with E-state index in [2.05, 4.69) is 22.3 Å². The van der Waals surface area contributed by atoms with E-state index in [1.807, 2.05) is 28.0 Å². The zero-order valence-electron chi connectivity index (χ0n) is 17.8. The maximum atomic E-state index is 13.3. The molecule has 9 heteroatoms. The van der Waals surface area contributed by atoms with Crippen molar-refractivity contribution in [2.24, 2.45) is 0 Å². The lowest BCUT2D eigenvalue weighted by atomic mass is 10.1. The number of piperazine rings is 1. The minimum Gasteiger partial charge on any atom is -0.378 e. The SMILES string of the molecule is O=C(CN1CCN(c2ccccc2)CC1)Nc1cc(C(F)(F)F)ccc1N1CCOCC1. The Labute approximate surface area is 185 Å². The monoisotopic (exact) mass is 448 g/mol. The van der Waals surface area contributed by atoms with E-state index in [9.17, 15) is 18.0 Å². The fraction of sp³-hybridized carbons (Fsp3) is 0.435. The maximum Gasteiger partial charge on any atom is 0.416 e. The van der Waals surface area contributed by atoms with Gasteiger partial charge in [-0.05, 0) is 30.3 Å². The highest BCUT2D eigenvalue weighted by Gasteiger charge is 2.32. The van der Waals surface area contributed by atoms with Crippen molar-refractivity contribution >= 4 is 23.0 Å². The second-order valence-corrected chi connectivity index (χ2v) is 7.98. The molecule has 4 rings (SSSR count). The highest BCUT2D eigenvalue weighted by molar-refractivity contribution is 5.96. The van der Waals surface area contributed by atoms with E-state index >= 15 is 0 Å². The summed E-state index contributed by atoms with van der Waals surface area (Å²) >= 11 is 0. The number of rotatable bonds is 5. The molecule has 0 aromatic heterocycles. The van der Waals surface area contributed by atoms with Gasteiger partial charge >= 0.3 is 6.18 Å². The average Bonchev–Trinajstić information content (AvgIpc) is 2.80. The van der Waals surface area contributed by atoms with Gasteiger partial charge in [0.1, 0.15) is 0 Å². The van der Waals surface area contributed by atoms with E-state index < -0.39 is 11.7 Å². The van der Waals surface area contributed by atoms with Gasteiger partial charge in [0.15, 0.2) is 0 Å². The molecule has 1 amide bonds. The molecule has 172 valence electrons. The van der Waals surface area contributed by atoms with Gasteiger partial charge in [0, 0.05) is 45.0 Å². The van der Waals surface area contributed by atoms with Crippen molar-refractivity contribution in [2.45, 2.75) is 6.18 Å². The molecule has 0 spiro atoms. The predicted molar refractivity (Wildman–Crippen MR) is 118 cm³/mol. The van der Waals surface area contributed by atoms with E-state index in [4.69, 9.17) is 4.74 Å². The summed E-state index contributed by atoms with van der Waals surface area (Å²) in [6, 6.07) is 13.6. The van der Waals surface area contributed by atoms with Gasteiger partial charge < -0.3 is 19.9 Å². The van der Waals surface area contributed by atoms with E-state index in [0.29, 0.717) is 45.1 Å². The van der Waals surface area contributed by atoms with Gasteiger partial charge in [-0.1, -0.05) is 18.2 Å². The van der Waals surface area contributed by atoms with Gasteiger partial charge in [0.05, 0.1) is 36.7 Å². The lowest BCUT2D eigenvalue weighted by Crippen LogP contribution is -2.48. The van der Waals surface area contributed by atoms with Crippen LogP contribution in [0.15, 0.2) is 48.5 Å². The van der Waals surface area contributed by atoms with Crippen LogP contribution in [0.5, 0.6) is 0 Å². The Morgan fingerprint density at radius 1 is 0.906 bits per heavy atom. The molecule has 6 nitrogen and oxygen atoms in total. The number of ether oxygens (including phenoxy) is 1. The number of hydrogen-bond acceptors (Lipinski definition) is 5. The molecule has 2 heterocycles. The number of carbonyl (C=O) groups is 1. The normalized spacial score (nSPS) is 18.0. The van der Waals surface area contributed by atoms with Crippen molar-refractivity contribution in [2.75, 3.05) is 74.1 Å². The van der Waals surface area contributed by atoms with Crippen molar-refractivity contribution in [3.63, 3.8) is 0 Å². The van der Waals surface area contributed by atoms with Crippen LogP contribution in [0.1, 0.15) is 5.56 Å². The molecule has 0 unspecified atom stereocenters. The topological polar surface area (TPSA) is 48.1 Å². The Morgan fingerprint density at radius 3 is 2.25 bits per heavy atom. The van der Waals surface area contributed by atoms with Crippen LogP contribution in [0.4, 0.5) is 30.2 Å². The average molecular weight is 448 g/mol. The van der Waals surface area contributed by atoms with Gasteiger partial charge in [-0.3, -0.25) is 9.69 Å². The molecule has 0 bridgehead atoms. The van der Waals surface area contributed by atoms with E-state index in [-0.39, 0.29) is 18.1 Å². The quantitative estimate of drug-likeness (QED) is 0.761. The Bertz CT molecular complexity index is 909. The summed E-state index contributed by atoms with van der Waals surface area (Å²) < 4.78 is 45.1. The minimum absolute atomic E-state index is 0.140. The molecular weight excluding hydrogens is 421 g/mol. The van der Waals surface area contributed by atoms with Gasteiger partial charge in [-0.25, -0.2) is 0 Å². The number of amides is 1. The number of para-hydroxylation sites is 1. The lowest BCUT2D eigenvalue weighted by Gasteiger charge is -2.36. The third-order valence-corrected chi connectivity index (χ3v) is 5.81. The second kappa shape index (κ2) is 9.79. The van der Waals surface area contributed by atoms with E-state index in [1.54, 1.807) is 0 Å². The fourth-order valence-corrected chi connectivity index (χ4v) is 4.09. The van der Waals surface area contributed by atoms with Crippen LogP contribution in [-0.4, -0.2) is 69.8 Å². The first kappa shape index (κ1) is 22.4. The third kappa shape index (κ3) is 5.52. The molecule has 0 atom stereocenters. The number of alkyl halides is 3. The van der Waals surface area contributed by atoms with Gasteiger partial charge in [0.25, 0.3) is 0 Å². The van der Waals surface area contributed by atoms with Crippen LogP contribution in [0.3, 0.4) is 0 Å². The van der Waals surface area contributed by atoms with Gasteiger partial charge in [-0.2, -0.15) is 13.2 Å². The zero-order chi connectivity index (χ0) is 22.6. The molecular formula is C23H27F3N4O2. The number of benzene rings is 2. The first-order chi connectivity index (χ1) is 15.4. The number of hydrogen-bond donors (Lipinski definition) is 1. The molecule has 2 aromatic rings. The van der Waals surface area contributed by atoms with Crippen molar-refractivity contribution < 1.29 is 22.7 Å². The molecule has 1 N–H and O–H groups in total. The number of nitrogens with one attached hydrogen (secondary N) is 1. The third-order valence-electron chi connectivity index (χ3n) is 5.81. The van der Waals surface area contributed by atoms with Crippen LogP contribution in [0, 0.1) is 0 Å². The van der Waals surface area contributed by atoms with Crippen molar-refractivity contribution in [3.8, 4) is 0 Å². The number of nitrogens with zero attached hydrogens (tertiary/aromatic N) is 3. The first-order valence-corrected chi connectivity index (χ1v) is 10.8. The van der Waals surface area contributed by atoms with Crippen LogP contribution in [0.2, 0.25) is 0 Å². The Hall–Kier alpha value is -2.78. The number of halogens is 3. The number of anilines is 3. The van der Waals surface area contributed by atoms with Crippen LogP contribution >= 0.6 is 0 Å². The highest BCUT2D eigenvalue weighted by atomic mass is 19.4. The maximum absolute atomic E-state index is 13.3. The summed E-state index contributed by atoms with van der Waals surface area (Å²) in [5.41, 5.74) is 1.15. The lowest BCUT2D eigenvalue weighted by molar-refractivity contribution is -0.137. The summed E-state index contributed by atoms with van der Waals surface area (Å²) in [6.45, 7) is 5.27. The van der Waals surface area contributed by atoms with Crippen LogP contribution < -0.4 is 15.1 Å². The van der Waals surface area contributed by atoms with Crippen molar-refractivity contribution in [3.05, 3.63) is 54.1 Å². The highest BCUT2D eigenvalue weighted by Crippen LogP contribution is 2.35. The largest absolute Gasteiger partial charge is 0.416 e. The van der Waals surface area contributed by atoms with Gasteiger partial charge in [0.2, 0.25) is 5.91 Å². The standard InChI is InChI=1S/C23H27F3N4O2/c24-23(25,26)18-6-7-21(30-12-14-32-15-13-30)20(16-18)27-22(31)17-28-8-10-29(11-9-28)19-4-2-1-3-5-19/h1-7,16H,8-15,17H2,(H,27,31). The van der Waals surface area contributed by atoms with Gasteiger partial charge in [-0.15, -0.1) is 0 Å². The number of carbonyl (C=O) groups excluding carboxylic acids is 1. The van der Waals surface area contributed by atoms with Crippen LogP contribution in [-0.2, 0) is 15.7 Å². The molecule has 0 saturated carbocycles. The molecule has 0 aliphatic carbocycles. The van der Waals surface area contributed by atoms with Crippen LogP contribution in [0.25, 0.3) is 0 Å².